The third-order valence-electron chi connectivity index (χ3n) is 2.84. The third-order valence-corrected chi connectivity index (χ3v) is 2.84. The Morgan fingerprint density at radius 1 is 1.56 bits per heavy atom. The second-order valence-corrected chi connectivity index (χ2v) is 4.08. The van der Waals surface area contributed by atoms with Gasteiger partial charge in [-0.15, -0.1) is 0 Å². The van der Waals surface area contributed by atoms with E-state index in [0.29, 0.717) is 19.6 Å². The Balaban J connectivity index is 2.54. The maximum absolute atomic E-state index is 12.4. The highest BCUT2D eigenvalue weighted by atomic mass is 19.4. The normalized spacial score (nSPS) is 24.6. The topological polar surface area (TPSA) is 66.6 Å². The number of likely N-dealkylation sites (tertiary alicyclic amines) is 1. The van der Waals surface area contributed by atoms with Crippen LogP contribution in [0.5, 0.6) is 0 Å². The molecule has 2 atom stereocenters. The minimum absolute atomic E-state index is 0.183. The van der Waals surface area contributed by atoms with E-state index in [4.69, 9.17) is 10.8 Å². The summed E-state index contributed by atoms with van der Waals surface area (Å²) in [5.74, 6) is -3.93. The first-order valence-electron chi connectivity index (χ1n) is 5.06. The van der Waals surface area contributed by atoms with E-state index in [2.05, 4.69) is 0 Å². The number of carboxylic acid groups (broad SMARTS) is 1. The van der Waals surface area contributed by atoms with Gasteiger partial charge in [0.05, 0.1) is 0 Å². The van der Waals surface area contributed by atoms with Gasteiger partial charge >= 0.3 is 12.1 Å². The molecule has 1 heterocycles. The lowest BCUT2D eigenvalue weighted by Gasteiger charge is -2.22. The van der Waals surface area contributed by atoms with Crippen molar-refractivity contribution in [2.45, 2.75) is 12.6 Å². The van der Waals surface area contributed by atoms with Gasteiger partial charge in [-0.05, 0) is 25.4 Å². The third kappa shape index (κ3) is 3.34. The number of alkyl halides is 3. The first-order valence-corrected chi connectivity index (χ1v) is 5.06. The predicted molar refractivity (Wildman–Crippen MR) is 50.8 cm³/mol. The van der Waals surface area contributed by atoms with E-state index < -0.39 is 24.6 Å². The molecule has 7 heteroatoms. The van der Waals surface area contributed by atoms with Gasteiger partial charge in [0.1, 0.15) is 0 Å². The lowest BCUT2D eigenvalue weighted by molar-refractivity contribution is -0.196. The van der Waals surface area contributed by atoms with Gasteiger partial charge < -0.3 is 15.7 Å². The average Bonchev–Trinajstić information content (AvgIpc) is 2.59. The summed E-state index contributed by atoms with van der Waals surface area (Å²) >= 11 is 0. The molecule has 0 aliphatic carbocycles. The molecule has 16 heavy (non-hydrogen) atoms. The second-order valence-electron chi connectivity index (χ2n) is 4.08. The largest absolute Gasteiger partial charge is 0.481 e. The van der Waals surface area contributed by atoms with Crippen molar-refractivity contribution in [3.8, 4) is 0 Å². The maximum atomic E-state index is 12.4. The van der Waals surface area contributed by atoms with Crippen LogP contribution in [0.25, 0.3) is 0 Å². The molecule has 0 bridgehead atoms. The minimum Gasteiger partial charge on any atom is -0.481 e. The number of aliphatic carboxylic acids is 1. The predicted octanol–water partition coefficient (Wildman–Crippen LogP) is 0.530. The van der Waals surface area contributed by atoms with Crippen molar-refractivity contribution in [3.05, 3.63) is 0 Å². The summed E-state index contributed by atoms with van der Waals surface area (Å²) in [4.78, 5) is 12.0. The molecule has 0 spiro atoms. The van der Waals surface area contributed by atoms with Crippen LogP contribution in [0.4, 0.5) is 13.2 Å². The number of hydrogen-bond donors (Lipinski definition) is 2. The van der Waals surface area contributed by atoms with E-state index in [1.807, 2.05) is 0 Å². The first-order chi connectivity index (χ1) is 7.34. The van der Waals surface area contributed by atoms with E-state index in [1.54, 1.807) is 0 Å². The number of rotatable bonds is 4. The Bertz CT molecular complexity index is 258. The zero-order chi connectivity index (χ0) is 12.3. The molecule has 0 radical (unpaired) electrons. The Morgan fingerprint density at radius 3 is 2.56 bits per heavy atom. The van der Waals surface area contributed by atoms with Gasteiger partial charge in [-0.3, -0.25) is 4.79 Å². The molecule has 2 unspecified atom stereocenters. The van der Waals surface area contributed by atoms with E-state index in [1.165, 1.54) is 4.90 Å². The van der Waals surface area contributed by atoms with Gasteiger partial charge in [0.25, 0.3) is 0 Å². The smallest absolute Gasteiger partial charge is 0.403 e. The molecule has 1 aliphatic rings. The molecule has 0 aromatic carbocycles. The zero-order valence-corrected chi connectivity index (χ0v) is 8.70. The van der Waals surface area contributed by atoms with Gasteiger partial charge in [0, 0.05) is 13.1 Å². The van der Waals surface area contributed by atoms with Crippen LogP contribution >= 0.6 is 0 Å². The summed E-state index contributed by atoms with van der Waals surface area (Å²) in [6, 6.07) is 0. The monoisotopic (exact) mass is 240 g/mol. The van der Waals surface area contributed by atoms with Gasteiger partial charge in [-0.25, -0.2) is 0 Å². The van der Waals surface area contributed by atoms with E-state index in [-0.39, 0.29) is 5.92 Å². The van der Waals surface area contributed by atoms with Crippen molar-refractivity contribution in [1.82, 2.24) is 4.90 Å². The summed E-state index contributed by atoms with van der Waals surface area (Å²) in [6.45, 7) is 0.897. The molecular weight excluding hydrogens is 225 g/mol. The molecule has 0 aromatic heterocycles. The second kappa shape index (κ2) is 5.01. The SMILES string of the molecule is NCC1CCN(CC(C(=O)O)C(F)(F)F)C1. The van der Waals surface area contributed by atoms with Crippen LogP contribution in [0.2, 0.25) is 0 Å². The summed E-state index contributed by atoms with van der Waals surface area (Å²) < 4.78 is 37.1. The molecule has 4 nitrogen and oxygen atoms in total. The first kappa shape index (κ1) is 13.2. The highest BCUT2D eigenvalue weighted by Gasteiger charge is 2.46. The fourth-order valence-corrected chi connectivity index (χ4v) is 1.85. The van der Waals surface area contributed by atoms with Crippen LogP contribution in [0.15, 0.2) is 0 Å². The molecular formula is C9H15F3N2O2. The number of nitrogens with two attached hydrogens (primary N) is 1. The lowest BCUT2D eigenvalue weighted by Crippen LogP contribution is -2.40. The zero-order valence-electron chi connectivity index (χ0n) is 8.70. The average molecular weight is 240 g/mol. The Kier molecular flexibility index (Phi) is 4.15. The van der Waals surface area contributed by atoms with Crippen molar-refractivity contribution < 1.29 is 23.1 Å². The molecule has 0 amide bonds. The molecule has 1 saturated heterocycles. The van der Waals surface area contributed by atoms with Crippen molar-refractivity contribution in [2.75, 3.05) is 26.2 Å². The van der Waals surface area contributed by atoms with E-state index >= 15 is 0 Å². The number of halogens is 3. The van der Waals surface area contributed by atoms with Crippen LogP contribution in [-0.4, -0.2) is 48.3 Å². The molecule has 1 aliphatic heterocycles. The number of nitrogens with zero attached hydrogens (tertiary/aromatic N) is 1. The highest BCUT2D eigenvalue weighted by Crippen LogP contribution is 2.28. The number of carboxylic acids is 1. The van der Waals surface area contributed by atoms with Crippen LogP contribution in [-0.2, 0) is 4.79 Å². The number of hydrogen-bond acceptors (Lipinski definition) is 3. The van der Waals surface area contributed by atoms with Gasteiger partial charge in [-0.2, -0.15) is 13.2 Å². The summed E-state index contributed by atoms with van der Waals surface area (Å²) in [7, 11) is 0. The van der Waals surface area contributed by atoms with Gasteiger partial charge in [0.15, 0.2) is 5.92 Å². The molecule has 1 fully saturated rings. The fourth-order valence-electron chi connectivity index (χ4n) is 1.85. The summed E-state index contributed by atoms with van der Waals surface area (Å²) in [5, 5.41) is 8.52. The van der Waals surface area contributed by atoms with Crippen LogP contribution in [0, 0.1) is 11.8 Å². The maximum Gasteiger partial charge on any atom is 0.403 e. The molecule has 94 valence electrons. The summed E-state index contributed by atoms with van der Waals surface area (Å²) in [5.41, 5.74) is 5.41. The minimum atomic E-state index is -4.69. The van der Waals surface area contributed by atoms with Crippen molar-refractivity contribution in [3.63, 3.8) is 0 Å². The standard InChI is InChI=1S/C9H15F3N2O2/c10-9(11,12)7(8(15)16)5-14-2-1-6(3-13)4-14/h6-7H,1-5,13H2,(H,15,16). The Morgan fingerprint density at radius 2 is 2.19 bits per heavy atom. The van der Waals surface area contributed by atoms with Crippen molar-refractivity contribution >= 4 is 5.97 Å². The van der Waals surface area contributed by atoms with Gasteiger partial charge in [-0.1, -0.05) is 0 Å². The summed E-state index contributed by atoms with van der Waals surface area (Å²) in [6.07, 6.45) is -3.95. The molecule has 0 aromatic rings. The van der Waals surface area contributed by atoms with Crippen LogP contribution < -0.4 is 5.73 Å². The fraction of sp³-hybridized carbons (Fsp3) is 0.889. The quantitative estimate of drug-likeness (QED) is 0.752. The van der Waals surface area contributed by atoms with E-state index in [9.17, 15) is 18.0 Å². The van der Waals surface area contributed by atoms with Crippen molar-refractivity contribution in [1.29, 1.82) is 0 Å². The van der Waals surface area contributed by atoms with Crippen LogP contribution in [0.1, 0.15) is 6.42 Å². The molecule has 3 N–H and O–H groups in total. The lowest BCUT2D eigenvalue weighted by atomic mass is 10.1. The Hall–Kier alpha value is -0.820. The molecule has 1 rings (SSSR count). The molecule has 0 saturated carbocycles. The highest BCUT2D eigenvalue weighted by molar-refractivity contribution is 5.71. The van der Waals surface area contributed by atoms with Crippen LogP contribution in [0.3, 0.4) is 0 Å². The van der Waals surface area contributed by atoms with Gasteiger partial charge in [0.2, 0.25) is 0 Å². The van der Waals surface area contributed by atoms with E-state index in [0.717, 1.165) is 6.42 Å². The number of carbonyl (C=O) groups is 1. The van der Waals surface area contributed by atoms with Crippen molar-refractivity contribution in [2.24, 2.45) is 17.6 Å². The Labute approximate surface area is 91.2 Å².